The molecule has 5 heteroatoms. The van der Waals surface area contributed by atoms with Crippen LogP contribution in [-0.4, -0.2) is 29.5 Å². The topological polar surface area (TPSA) is 72.5 Å². The van der Waals surface area contributed by atoms with E-state index >= 15 is 0 Å². The SMILES string of the molecule is CC(=O)C1C=CC2=C(OC3CC(=O)CCC3N2)C1C(C)=O. The number of fused-ring (bicyclic) bond motifs is 1. The number of hydrogen-bond donors (Lipinski definition) is 1. The number of Topliss-reactive ketones (excluding diaryl/α,β-unsaturated/α-hetero) is 3. The fourth-order valence-electron chi connectivity index (χ4n) is 3.41. The van der Waals surface area contributed by atoms with Gasteiger partial charge in [-0.05, 0) is 26.3 Å². The van der Waals surface area contributed by atoms with E-state index in [-0.39, 0.29) is 29.5 Å². The van der Waals surface area contributed by atoms with Gasteiger partial charge in [0.05, 0.1) is 23.6 Å². The first-order chi connectivity index (χ1) is 9.97. The average Bonchev–Trinajstić information content (AvgIpc) is 2.43. The van der Waals surface area contributed by atoms with Crippen molar-refractivity contribution < 1.29 is 19.1 Å². The van der Waals surface area contributed by atoms with Crippen molar-refractivity contribution in [2.45, 2.75) is 45.3 Å². The molecule has 3 aliphatic rings. The number of nitrogens with one attached hydrogen (secondary N) is 1. The fourth-order valence-corrected chi connectivity index (χ4v) is 3.41. The Kier molecular flexibility index (Phi) is 3.43. The monoisotopic (exact) mass is 289 g/mol. The molecule has 1 fully saturated rings. The Morgan fingerprint density at radius 1 is 1.29 bits per heavy atom. The lowest BCUT2D eigenvalue weighted by molar-refractivity contribution is -0.131. The van der Waals surface area contributed by atoms with Crippen LogP contribution in [0.3, 0.4) is 0 Å². The Morgan fingerprint density at radius 2 is 2.05 bits per heavy atom. The molecule has 4 atom stereocenters. The van der Waals surface area contributed by atoms with Gasteiger partial charge in [-0.1, -0.05) is 6.08 Å². The highest BCUT2D eigenvalue weighted by Gasteiger charge is 2.43. The molecule has 3 rings (SSSR count). The van der Waals surface area contributed by atoms with Gasteiger partial charge in [0.25, 0.3) is 0 Å². The molecular formula is C16H19NO4. The van der Waals surface area contributed by atoms with E-state index in [0.717, 1.165) is 12.1 Å². The van der Waals surface area contributed by atoms with E-state index in [1.807, 2.05) is 6.08 Å². The van der Waals surface area contributed by atoms with E-state index in [1.54, 1.807) is 6.08 Å². The number of ketones is 3. The summed E-state index contributed by atoms with van der Waals surface area (Å²) in [5, 5.41) is 3.37. The minimum Gasteiger partial charge on any atom is -0.489 e. The predicted molar refractivity (Wildman–Crippen MR) is 75.2 cm³/mol. The third-order valence-corrected chi connectivity index (χ3v) is 4.52. The fraction of sp³-hybridized carbons (Fsp3) is 0.562. The van der Waals surface area contributed by atoms with Crippen LogP contribution in [0.4, 0.5) is 0 Å². The number of carbonyl (C=O) groups is 3. The third kappa shape index (κ3) is 2.41. The number of ether oxygens (including phenoxy) is 1. The van der Waals surface area contributed by atoms with Gasteiger partial charge in [-0.3, -0.25) is 14.4 Å². The lowest BCUT2D eigenvalue weighted by atomic mass is 9.79. The predicted octanol–water partition coefficient (Wildman–Crippen LogP) is 1.29. The summed E-state index contributed by atoms with van der Waals surface area (Å²) in [5.74, 6) is -0.471. The molecule has 4 unspecified atom stereocenters. The van der Waals surface area contributed by atoms with Gasteiger partial charge >= 0.3 is 0 Å². The van der Waals surface area contributed by atoms with Crippen LogP contribution in [0.5, 0.6) is 0 Å². The molecule has 0 amide bonds. The maximum absolute atomic E-state index is 12.0. The molecule has 0 aromatic rings. The summed E-state index contributed by atoms with van der Waals surface area (Å²) in [6.07, 6.45) is 5.05. The van der Waals surface area contributed by atoms with E-state index in [2.05, 4.69) is 5.32 Å². The second kappa shape index (κ2) is 5.13. The Labute approximate surface area is 123 Å². The van der Waals surface area contributed by atoms with Crippen LogP contribution < -0.4 is 5.32 Å². The normalized spacial score (nSPS) is 34.5. The summed E-state index contributed by atoms with van der Waals surface area (Å²) in [5.41, 5.74) is 0.781. The highest BCUT2D eigenvalue weighted by molar-refractivity contribution is 5.91. The van der Waals surface area contributed by atoms with Gasteiger partial charge in [-0.25, -0.2) is 0 Å². The van der Waals surface area contributed by atoms with E-state index < -0.39 is 11.8 Å². The number of rotatable bonds is 2. The van der Waals surface area contributed by atoms with E-state index in [4.69, 9.17) is 4.74 Å². The summed E-state index contributed by atoms with van der Waals surface area (Å²) >= 11 is 0. The Bertz CT molecular complexity index is 575. The van der Waals surface area contributed by atoms with Crippen molar-refractivity contribution in [3.8, 4) is 0 Å². The average molecular weight is 289 g/mol. The van der Waals surface area contributed by atoms with Crippen LogP contribution in [0.25, 0.3) is 0 Å². The first kappa shape index (κ1) is 14.0. The molecule has 1 heterocycles. The molecule has 1 saturated carbocycles. The van der Waals surface area contributed by atoms with Crippen molar-refractivity contribution >= 4 is 17.3 Å². The number of allylic oxidation sites excluding steroid dienone is 3. The van der Waals surface area contributed by atoms with Crippen LogP contribution in [0, 0.1) is 11.8 Å². The molecule has 1 N–H and O–H groups in total. The molecule has 0 radical (unpaired) electrons. The standard InChI is InChI=1S/C16H19NO4/c1-8(18)11-4-6-13-16(15(11)9(2)19)21-14-7-10(20)3-5-12(14)17-13/h4,6,11-12,14-15,17H,3,5,7H2,1-2H3. The van der Waals surface area contributed by atoms with E-state index in [9.17, 15) is 14.4 Å². The largest absolute Gasteiger partial charge is 0.489 e. The zero-order valence-corrected chi connectivity index (χ0v) is 12.2. The summed E-state index contributed by atoms with van der Waals surface area (Å²) in [4.78, 5) is 35.4. The zero-order valence-electron chi connectivity index (χ0n) is 12.2. The lowest BCUT2D eigenvalue weighted by Crippen LogP contribution is -2.51. The van der Waals surface area contributed by atoms with Gasteiger partial charge in [0.2, 0.25) is 0 Å². The van der Waals surface area contributed by atoms with Gasteiger partial charge < -0.3 is 10.1 Å². The van der Waals surface area contributed by atoms with Crippen LogP contribution in [0.1, 0.15) is 33.1 Å². The second-order valence-corrected chi connectivity index (χ2v) is 6.05. The summed E-state index contributed by atoms with van der Waals surface area (Å²) in [6, 6.07) is 0.104. The molecule has 0 saturated heterocycles. The highest BCUT2D eigenvalue weighted by atomic mass is 16.5. The molecule has 2 aliphatic carbocycles. The molecule has 1 aliphatic heterocycles. The number of hydrogen-bond acceptors (Lipinski definition) is 5. The van der Waals surface area contributed by atoms with E-state index in [0.29, 0.717) is 18.6 Å². The van der Waals surface area contributed by atoms with Crippen molar-refractivity contribution in [3.63, 3.8) is 0 Å². The third-order valence-electron chi connectivity index (χ3n) is 4.52. The van der Waals surface area contributed by atoms with Gasteiger partial charge in [0.1, 0.15) is 29.2 Å². The minimum absolute atomic E-state index is 0.0524. The highest BCUT2D eigenvalue weighted by Crippen LogP contribution is 2.37. The summed E-state index contributed by atoms with van der Waals surface area (Å²) in [7, 11) is 0. The quantitative estimate of drug-likeness (QED) is 0.829. The van der Waals surface area contributed by atoms with Crippen molar-refractivity contribution in [2.24, 2.45) is 11.8 Å². The molecular weight excluding hydrogens is 270 g/mol. The van der Waals surface area contributed by atoms with Gasteiger partial charge in [-0.15, -0.1) is 0 Å². The van der Waals surface area contributed by atoms with Crippen molar-refractivity contribution in [3.05, 3.63) is 23.6 Å². The number of carbonyl (C=O) groups excluding carboxylic acids is 3. The molecule has 0 spiro atoms. The van der Waals surface area contributed by atoms with Crippen molar-refractivity contribution in [1.82, 2.24) is 5.32 Å². The maximum atomic E-state index is 12.0. The molecule has 5 nitrogen and oxygen atoms in total. The van der Waals surface area contributed by atoms with Gasteiger partial charge in [-0.2, -0.15) is 0 Å². The molecule has 21 heavy (non-hydrogen) atoms. The van der Waals surface area contributed by atoms with E-state index in [1.165, 1.54) is 13.8 Å². The van der Waals surface area contributed by atoms with Gasteiger partial charge in [0.15, 0.2) is 0 Å². The summed E-state index contributed by atoms with van der Waals surface area (Å²) in [6.45, 7) is 2.96. The first-order valence-electron chi connectivity index (χ1n) is 7.35. The van der Waals surface area contributed by atoms with Crippen LogP contribution >= 0.6 is 0 Å². The lowest BCUT2D eigenvalue weighted by Gasteiger charge is -2.42. The minimum atomic E-state index is -0.576. The van der Waals surface area contributed by atoms with Crippen LogP contribution in [0.2, 0.25) is 0 Å². The Balaban J connectivity index is 1.94. The van der Waals surface area contributed by atoms with Crippen molar-refractivity contribution in [2.75, 3.05) is 0 Å². The molecule has 0 aromatic heterocycles. The maximum Gasteiger partial charge on any atom is 0.141 e. The molecule has 0 aromatic carbocycles. The second-order valence-electron chi connectivity index (χ2n) is 6.05. The smallest absolute Gasteiger partial charge is 0.141 e. The van der Waals surface area contributed by atoms with Crippen LogP contribution in [0.15, 0.2) is 23.6 Å². The Hall–Kier alpha value is -1.91. The summed E-state index contributed by atoms with van der Waals surface area (Å²) < 4.78 is 5.99. The van der Waals surface area contributed by atoms with Gasteiger partial charge in [0, 0.05) is 12.8 Å². The van der Waals surface area contributed by atoms with Crippen LogP contribution in [-0.2, 0) is 19.1 Å². The molecule has 112 valence electrons. The molecule has 0 bridgehead atoms. The Morgan fingerprint density at radius 3 is 2.71 bits per heavy atom. The zero-order chi connectivity index (χ0) is 15.1. The van der Waals surface area contributed by atoms with Crippen molar-refractivity contribution in [1.29, 1.82) is 0 Å². The first-order valence-corrected chi connectivity index (χ1v) is 7.35.